The lowest BCUT2D eigenvalue weighted by molar-refractivity contribution is -0.121. The normalized spacial score (nSPS) is 17.8. The predicted octanol–water partition coefficient (Wildman–Crippen LogP) is 11.0. The van der Waals surface area contributed by atoms with Crippen LogP contribution >= 0.6 is 0 Å². The zero-order valence-electron chi connectivity index (χ0n) is 33.1. The Kier molecular flexibility index (Phi) is 7.35. The van der Waals surface area contributed by atoms with Crippen LogP contribution in [-0.4, -0.2) is 12.6 Å². The molecule has 0 aromatic heterocycles. The summed E-state index contributed by atoms with van der Waals surface area (Å²) in [5.74, 6) is 1.57. The first-order valence-electron chi connectivity index (χ1n) is 20.4. The Morgan fingerprint density at radius 3 is 1.96 bits per heavy atom. The zero-order chi connectivity index (χ0) is 38.0. The number of para-hydroxylation sites is 2. The highest BCUT2D eigenvalue weighted by molar-refractivity contribution is 6.94. The van der Waals surface area contributed by atoms with Gasteiger partial charge in [-0.2, -0.15) is 0 Å². The maximum atomic E-state index is 16.7. The minimum Gasteiger partial charge on any atom is -0.457 e. The second kappa shape index (κ2) is 11.8. The van der Waals surface area contributed by atoms with E-state index < -0.39 is 5.41 Å². The molecule has 3 heterocycles. The van der Waals surface area contributed by atoms with Gasteiger partial charge in [-0.15, -0.1) is 0 Å². The minimum atomic E-state index is -1.11. The number of anilines is 1. The third kappa shape index (κ3) is 4.26. The third-order valence-corrected chi connectivity index (χ3v) is 13.5. The van der Waals surface area contributed by atoms with E-state index in [0.717, 1.165) is 52.4 Å². The number of carbonyl (C=O) groups excluding carboxylic acids is 1. The van der Waals surface area contributed by atoms with E-state index in [2.05, 4.69) is 131 Å². The van der Waals surface area contributed by atoms with Gasteiger partial charge in [-0.05, 0) is 82.9 Å². The number of amides is 1. The Morgan fingerprint density at radius 2 is 1.31 bits per heavy atom. The van der Waals surface area contributed by atoms with Crippen LogP contribution in [-0.2, 0) is 21.0 Å². The van der Waals surface area contributed by atoms with Crippen LogP contribution in [0.5, 0.6) is 11.5 Å². The molecule has 0 saturated heterocycles. The maximum absolute atomic E-state index is 16.7. The number of allylic oxidation sites excluding steroid dienone is 1. The van der Waals surface area contributed by atoms with Gasteiger partial charge in [0, 0.05) is 33.2 Å². The Labute approximate surface area is 326 Å². The van der Waals surface area contributed by atoms with E-state index >= 15 is 4.79 Å². The Morgan fingerprint density at radius 1 is 0.673 bits per heavy atom. The molecule has 0 bridgehead atoms. The van der Waals surface area contributed by atoms with E-state index in [9.17, 15) is 0 Å². The summed E-state index contributed by atoms with van der Waals surface area (Å²) in [4.78, 5) is 18.9. The summed E-state index contributed by atoms with van der Waals surface area (Å²) < 4.78 is 6.65. The Balaban J connectivity index is 0.00000183. The summed E-state index contributed by atoms with van der Waals surface area (Å²) in [7, 11) is 0. The lowest BCUT2D eigenvalue weighted by Gasteiger charge is -2.50. The van der Waals surface area contributed by atoms with Crippen molar-refractivity contribution in [3.8, 4) is 11.5 Å². The first kappa shape index (κ1) is 34.2. The second-order valence-electron chi connectivity index (χ2n) is 17.2. The fraction of sp³-hybridized carbons (Fsp3) is 0.275. The topological polar surface area (TPSA) is 29.5 Å². The average Bonchev–Trinajstić information content (AvgIpc) is 3.80. The minimum absolute atomic E-state index is 0.0000221. The summed E-state index contributed by atoms with van der Waals surface area (Å²) in [5.41, 5.74) is 14.2. The summed E-state index contributed by atoms with van der Waals surface area (Å²) in [6.45, 7) is 15.5. The quantitative estimate of drug-likeness (QED) is 0.159. The van der Waals surface area contributed by atoms with Crippen molar-refractivity contribution in [2.75, 3.05) is 4.90 Å². The highest BCUT2D eigenvalue weighted by Gasteiger charge is 2.62. The number of benzene rings is 6. The van der Waals surface area contributed by atoms with Crippen LogP contribution in [0.4, 0.5) is 5.69 Å². The number of hydrogen-bond donors (Lipinski definition) is 0. The zero-order valence-corrected chi connectivity index (χ0v) is 33.1. The highest BCUT2D eigenvalue weighted by Crippen LogP contribution is 2.64. The predicted molar refractivity (Wildman–Crippen MR) is 229 cm³/mol. The average molecular weight is 718 g/mol. The van der Waals surface area contributed by atoms with Crippen molar-refractivity contribution in [1.82, 2.24) is 0 Å². The number of aryl methyl sites for hydroxylation is 2. The molecule has 0 atom stereocenters. The van der Waals surface area contributed by atoms with E-state index in [1.165, 1.54) is 67.8 Å². The second-order valence-corrected chi connectivity index (χ2v) is 17.2. The fourth-order valence-corrected chi connectivity index (χ4v) is 11.3. The smallest absolute Gasteiger partial charge is 0.251 e. The van der Waals surface area contributed by atoms with Gasteiger partial charge in [0.05, 0.1) is 5.69 Å². The van der Waals surface area contributed by atoms with E-state index in [4.69, 9.17) is 4.74 Å². The van der Waals surface area contributed by atoms with E-state index in [1.54, 1.807) is 0 Å². The first-order valence-corrected chi connectivity index (χ1v) is 20.4. The Bertz CT molecular complexity index is 2590. The number of hydrogen-bond acceptors (Lipinski definition) is 2. The molecule has 55 heavy (non-hydrogen) atoms. The molecule has 4 heteroatoms. The van der Waals surface area contributed by atoms with E-state index in [-0.39, 0.29) is 23.4 Å². The van der Waals surface area contributed by atoms with Crippen molar-refractivity contribution in [2.24, 2.45) is 0 Å². The molecule has 0 radical (unpaired) electrons. The van der Waals surface area contributed by atoms with Crippen molar-refractivity contribution in [2.45, 2.75) is 90.4 Å². The molecule has 2 aliphatic carbocycles. The lowest BCUT2D eigenvalue weighted by atomic mass is 9.31. The van der Waals surface area contributed by atoms with Crippen LogP contribution < -0.4 is 20.6 Å². The summed E-state index contributed by atoms with van der Waals surface area (Å²) in [6, 6.07) is 41.8. The largest absolute Gasteiger partial charge is 0.457 e. The summed E-state index contributed by atoms with van der Waals surface area (Å²) >= 11 is 0. The molecule has 5 aliphatic rings. The fourth-order valence-electron chi connectivity index (χ4n) is 11.3. The van der Waals surface area contributed by atoms with Crippen LogP contribution in [0, 0.1) is 13.8 Å². The van der Waals surface area contributed by atoms with Gasteiger partial charge in [-0.3, -0.25) is 9.69 Å². The SMILES string of the molecule is CC.Cc1ccc2c3c4c(cc(C)c13)B(c1ccccc1)C1=C(c3ccc(C(C)(C)C)cc3C13CCCC3)N4C(=O)C21c2ccccc2Oc2ccccc21. The monoisotopic (exact) mass is 717 g/mol. The molecule has 3 nitrogen and oxygen atoms in total. The van der Waals surface area contributed by atoms with Crippen LogP contribution in [0.2, 0.25) is 0 Å². The van der Waals surface area contributed by atoms with Crippen molar-refractivity contribution in [3.63, 3.8) is 0 Å². The molecular formula is C51H48BNO2. The molecule has 0 unspecified atom stereocenters. The molecule has 3 aliphatic heterocycles. The van der Waals surface area contributed by atoms with Crippen molar-refractivity contribution >= 4 is 45.7 Å². The first-order chi connectivity index (χ1) is 26.7. The number of rotatable bonds is 1. The molecule has 6 aromatic rings. The van der Waals surface area contributed by atoms with Gasteiger partial charge in [0.15, 0.2) is 0 Å². The molecule has 1 saturated carbocycles. The third-order valence-electron chi connectivity index (χ3n) is 13.5. The van der Waals surface area contributed by atoms with Crippen molar-refractivity contribution in [1.29, 1.82) is 0 Å². The van der Waals surface area contributed by atoms with Gasteiger partial charge >= 0.3 is 0 Å². The molecule has 6 aromatic carbocycles. The van der Waals surface area contributed by atoms with Gasteiger partial charge in [0.25, 0.3) is 5.91 Å². The number of ether oxygens (including phenoxy) is 1. The lowest BCUT2D eigenvalue weighted by Crippen LogP contribution is -2.60. The van der Waals surface area contributed by atoms with Gasteiger partial charge in [-0.25, -0.2) is 0 Å². The number of fused-ring (bicyclic) bond motifs is 10. The summed E-state index contributed by atoms with van der Waals surface area (Å²) in [6.07, 6.45) is 4.55. The Hall–Kier alpha value is -5.35. The van der Waals surface area contributed by atoms with Gasteiger partial charge in [-0.1, -0.05) is 162 Å². The van der Waals surface area contributed by atoms with E-state index in [0.29, 0.717) is 0 Å². The van der Waals surface area contributed by atoms with Crippen molar-refractivity contribution < 1.29 is 9.53 Å². The van der Waals surface area contributed by atoms with Crippen LogP contribution in [0.1, 0.15) is 105 Å². The molecule has 1 fully saturated rings. The molecular weight excluding hydrogens is 669 g/mol. The molecule has 2 spiro atoms. The van der Waals surface area contributed by atoms with Crippen LogP contribution in [0.25, 0.3) is 16.5 Å². The van der Waals surface area contributed by atoms with E-state index in [1.807, 2.05) is 38.1 Å². The van der Waals surface area contributed by atoms with Gasteiger partial charge in [0.1, 0.15) is 16.9 Å². The van der Waals surface area contributed by atoms with Crippen molar-refractivity contribution in [3.05, 3.63) is 165 Å². The molecule has 1 amide bonds. The molecule has 0 N–H and O–H groups in total. The van der Waals surface area contributed by atoms with Crippen LogP contribution in [0.15, 0.2) is 121 Å². The van der Waals surface area contributed by atoms with Gasteiger partial charge < -0.3 is 4.74 Å². The molecule has 11 rings (SSSR count). The highest BCUT2D eigenvalue weighted by atomic mass is 16.5. The maximum Gasteiger partial charge on any atom is 0.251 e. The molecule has 272 valence electrons. The summed E-state index contributed by atoms with van der Waals surface area (Å²) in [5, 5.41) is 2.44. The standard InChI is InChI=1S/C49H42BNO2.C2H6/c1-29-21-24-36-42-41(29)30(2)27-38-44(42)51(46(52)49(36)34-17-9-11-19-39(34)53-40-20-12-10-18-35(40)49)43-33-23-22-31(47(3,4)5)28-37(33)48(25-13-14-26-48)45(43)50(38)32-15-7-6-8-16-32;1-2/h6-12,15-24,27-28H,13-14,25-26H2,1-5H3;1-2H3. The van der Waals surface area contributed by atoms with Crippen LogP contribution in [0.3, 0.4) is 0 Å². The number of carbonyl (C=O) groups is 1. The number of nitrogens with zero attached hydrogens (tertiary/aromatic N) is 1. The van der Waals surface area contributed by atoms with Gasteiger partial charge in [0.2, 0.25) is 6.71 Å².